The molecule has 6 atom stereocenters. The molecule has 0 aromatic carbocycles. The van der Waals surface area contributed by atoms with Crippen LogP contribution in [-0.2, 0) is 28.7 Å². The van der Waals surface area contributed by atoms with Crippen LogP contribution in [0, 0.1) is 17.8 Å². The highest BCUT2D eigenvalue weighted by Crippen LogP contribution is 2.25. The van der Waals surface area contributed by atoms with E-state index in [2.05, 4.69) is 28.6 Å². The fourth-order valence-electron chi connectivity index (χ4n) is 4.10. The number of hydrogen-bond donors (Lipinski definition) is 4. The third-order valence-electron chi connectivity index (χ3n) is 6.37. The van der Waals surface area contributed by atoms with Crippen molar-refractivity contribution >= 4 is 53.9 Å². The molecule has 2 aliphatic rings. The molecule has 0 aliphatic carbocycles. The van der Waals surface area contributed by atoms with Crippen LogP contribution in [0.4, 0.5) is 0 Å². The SMILES string of the molecule is CC1SCC2NC(=O)[C@@H](C(C)C)NC(=O)C[C@@H](/C=C/CCS)OC(=O)[C@H](C(C)C)CC(=O)C1NC2=O. The van der Waals surface area contributed by atoms with Crippen LogP contribution in [0.25, 0.3) is 0 Å². The Balaban J connectivity index is 2.44. The summed E-state index contributed by atoms with van der Waals surface area (Å²) >= 11 is 5.58. The first kappa shape index (κ1) is 30.2. The summed E-state index contributed by atoms with van der Waals surface area (Å²) < 4.78 is 5.71. The molecule has 2 heterocycles. The molecule has 2 fully saturated rings. The summed E-state index contributed by atoms with van der Waals surface area (Å²) in [5.41, 5.74) is 0. The van der Waals surface area contributed by atoms with Gasteiger partial charge in [-0.05, 0) is 30.1 Å². The molecule has 0 aromatic heterocycles. The van der Waals surface area contributed by atoms with Crippen LogP contribution < -0.4 is 16.0 Å². The van der Waals surface area contributed by atoms with Gasteiger partial charge >= 0.3 is 5.97 Å². The predicted molar refractivity (Wildman–Crippen MR) is 143 cm³/mol. The average molecular weight is 542 g/mol. The van der Waals surface area contributed by atoms with E-state index >= 15 is 0 Å². The number of ketones is 1. The zero-order chi connectivity index (χ0) is 27.0. The summed E-state index contributed by atoms with van der Waals surface area (Å²) in [5.74, 6) is -2.55. The van der Waals surface area contributed by atoms with E-state index in [1.54, 1.807) is 26.0 Å². The maximum absolute atomic E-state index is 13.3. The van der Waals surface area contributed by atoms with E-state index in [0.717, 1.165) is 0 Å². The summed E-state index contributed by atoms with van der Waals surface area (Å²) in [6.07, 6.45) is 2.93. The average Bonchev–Trinajstić information content (AvgIpc) is 2.93. The molecule has 2 bridgehead atoms. The Morgan fingerprint density at radius 2 is 1.69 bits per heavy atom. The Labute approximate surface area is 223 Å². The maximum atomic E-state index is 13.3. The largest absolute Gasteiger partial charge is 0.457 e. The van der Waals surface area contributed by atoms with E-state index < -0.39 is 53.8 Å². The van der Waals surface area contributed by atoms with Crippen LogP contribution in [0.15, 0.2) is 12.2 Å². The number of rotatable bonds is 5. The first-order valence-electron chi connectivity index (χ1n) is 12.5. The second-order valence-corrected chi connectivity index (χ2v) is 11.9. The molecule has 0 saturated carbocycles. The van der Waals surface area contributed by atoms with Gasteiger partial charge in [-0.25, -0.2) is 0 Å². The van der Waals surface area contributed by atoms with Crippen molar-refractivity contribution in [1.29, 1.82) is 0 Å². The molecule has 2 saturated heterocycles. The lowest BCUT2D eigenvalue weighted by Crippen LogP contribution is -2.57. The van der Waals surface area contributed by atoms with Crippen molar-refractivity contribution in [3.8, 4) is 0 Å². The van der Waals surface area contributed by atoms with Crippen molar-refractivity contribution in [2.75, 3.05) is 11.5 Å². The van der Waals surface area contributed by atoms with Gasteiger partial charge in [-0.2, -0.15) is 24.4 Å². The number of ether oxygens (including phenoxy) is 1. The van der Waals surface area contributed by atoms with Crippen LogP contribution in [0.1, 0.15) is 53.9 Å². The molecule has 2 aliphatic heterocycles. The van der Waals surface area contributed by atoms with Crippen molar-refractivity contribution < 1.29 is 28.7 Å². The molecule has 3 amide bonds. The molecule has 9 nitrogen and oxygen atoms in total. The third kappa shape index (κ3) is 8.54. The fourth-order valence-corrected chi connectivity index (χ4v) is 5.39. The van der Waals surface area contributed by atoms with Gasteiger partial charge in [-0.15, -0.1) is 0 Å². The highest BCUT2D eigenvalue weighted by molar-refractivity contribution is 8.00. The van der Waals surface area contributed by atoms with Crippen molar-refractivity contribution in [2.45, 2.75) is 83.4 Å². The number of nitrogens with one attached hydrogen (secondary N) is 3. The van der Waals surface area contributed by atoms with E-state index in [-0.39, 0.29) is 41.5 Å². The minimum Gasteiger partial charge on any atom is -0.457 e. The van der Waals surface area contributed by atoms with Gasteiger partial charge < -0.3 is 20.7 Å². The molecular formula is C25H39N3O6S2. The number of fused-ring (bicyclic) bond motifs is 3. The monoisotopic (exact) mass is 541 g/mol. The second-order valence-electron chi connectivity index (χ2n) is 10.0. The van der Waals surface area contributed by atoms with E-state index in [9.17, 15) is 24.0 Å². The molecule has 0 radical (unpaired) electrons. The second kappa shape index (κ2) is 14.1. The fraction of sp³-hybridized carbons (Fsp3) is 0.720. The molecule has 3 N–H and O–H groups in total. The number of carbonyl (C=O) groups excluding carboxylic acids is 5. The number of thioether (sulfide) groups is 1. The number of amides is 3. The number of Topliss-reactive ketones (excluding diaryl/α,β-unsaturated/α-hetero) is 1. The predicted octanol–water partition coefficient (Wildman–Crippen LogP) is 1.66. The zero-order valence-corrected chi connectivity index (χ0v) is 23.3. The third-order valence-corrected chi connectivity index (χ3v) is 7.95. The number of cyclic esters (lactones) is 1. The lowest BCUT2D eigenvalue weighted by molar-refractivity contribution is -0.156. The van der Waals surface area contributed by atoms with Crippen LogP contribution in [0.2, 0.25) is 0 Å². The Morgan fingerprint density at radius 1 is 1.00 bits per heavy atom. The lowest BCUT2D eigenvalue weighted by Gasteiger charge is -2.27. The maximum Gasteiger partial charge on any atom is 0.310 e. The molecule has 36 heavy (non-hydrogen) atoms. The number of hydrogen-bond acceptors (Lipinski definition) is 8. The van der Waals surface area contributed by atoms with Gasteiger partial charge in [-0.3, -0.25) is 24.0 Å². The minimum absolute atomic E-state index is 0.0991. The van der Waals surface area contributed by atoms with Crippen molar-refractivity contribution in [3.05, 3.63) is 12.2 Å². The van der Waals surface area contributed by atoms with Gasteiger partial charge in [0.2, 0.25) is 17.7 Å². The molecule has 11 heteroatoms. The van der Waals surface area contributed by atoms with Crippen LogP contribution in [0.5, 0.6) is 0 Å². The van der Waals surface area contributed by atoms with E-state index in [1.165, 1.54) is 11.8 Å². The Hall–Kier alpha value is -2.01. The van der Waals surface area contributed by atoms with Crippen LogP contribution in [-0.4, -0.2) is 70.5 Å². The Bertz CT molecular complexity index is 863. The number of thiol groups is 1. The first-order valence-corrected chi connectivity index (χ1v) is 14.1. The summed E-state index contributed by atoms with van der Waals surface area (Å²) in [6.45, 7) is 9.09. The van der Waals surface area contributed by atoms with E-state index in [1.807, 2.05) is 20.8 Å². The smallest absolute Gasteiger partial charge is 0.310 e. The number of carbonyl (C=O) groups is 5. The Kier molecular flexibility index (Phi) is 11.8. The summed E-state index contributed by atoms with van der Waals surface area (Å²) in [6, 6.07) is -2.53. The minimum atomic E-state index is -0.887. The van der Waals surface area contributed by atoms with Crippen LogP contribution >= 0.6 is 24.4 Å². The highest BCUT2D eigenvalue weighted by atomic mass is 32.2. The molecule has 3 unspecified atom stereocenters. The molecule has 0 spiro atoms. The normalized spacial score (nSPS) is 31.3. The number of esters is 1. The lowest BCUT2D eigenvalue weighted by atomic mass is 9.88. The summed E-state index contributed by atoms with van der Waals surface area (Å²) in [5, 5.41) is 8.00. The standard InChI is InChI=1S/C25H39N3O6S2/c1-13(2)17-11-19(29)22-15(5)36-12-18(23(31)28-22)26-24(32)21(14(3)4)27-20(30)10-16(34-25(17)33)8-6-7-9-35/h6,8,13-18,21-22,35H,7,9-12H2,1-5H3,(H,26,32)(H,27,30)(H,28,31)/b8-6+/t15?,16-,17+,18?,21-,22?/m1/s1. The van der Waals surface area contributed by atoms with Gasteiger partial charge in [0.25, 0.3) is 0 Å². The molecule has 202 valence electrons. The van der Waals surface area contributed by atoms with Gasteiger partial charge in [0, 0.05) is 17.4 Å². The van der Waals surface area contributed by atoms with Gasteiger partial charge in [0.05, 0.1) is 18.4 Å². The van der Waals surface area contributed by atoms with E-state index in [4.69, 9.17) is 4.74 Å². The zero-order valence-electron chi connectivity index (χ0n) is 21.6. The highest BCUT2D eigenvalue weighted by Gasteiger charge is 2.39. The van der Waals surface area contributed by atoms with Gasteiger partial charge in [-0.1, -0.05) is 40.7 Å². The van der Waals surface area contributed by atoms with Crippen molar-refractivity contribution in [1.82, 2.24) is 16.0 Å². The molecular weight excluding hydrogens is 502 g/mol. The van der Waals surface area contributed by atoms with E-state index in [0.29, 0.717) is 12.2 Å². The summed E-state index contributed by atoms with van der Waals surface area (Å²) in [4.78, 5) is 65.3. The molecule has 0 aromatic rings. The summed E-state index contributed by atoms with van der Waals surface area (Å²) in [7, 11) is 0. The number of allylic oxidation sites excluding steroid dienone is 1. The van der Waals surface area contributed by atoms with Gasteiger partial charge in [0.1, 0.15) is 18.2 Å². The topological polar surface area (TPSA) is 131 Å². The van der Waals surface area contributed by atoms with Crippen molar-refractivity contribution in [2.24, 2.45) is 17.8 Å². The van der Waals surface area contributed by atoms with Crippen LogP contribution in [0.3, 0.4) is 0 Å². The molecule has 2 rings (SSSR count). The quantitative estimate of drug-likeness (QED) is 0.237. The van der Waals surface area contributed by atoms with Crippen molar-refractivity contribution in [3.63, 3.8) is 0 Å². The first-order chi connectivity index (χ1) is 16.9. The van der Waals surface area contributed by atoms with Gasteiger partial charge in [0.15, 0.2) is 5.78 Å². The Morgan fingerprint density at radius 3 is 2.31 bits per heavy atom.